The van der Waals surface area contributed by atoms with Crippen LogP contribution in [0, 0.1) is 0 Å². The van der Waals surface area contributed by atoms with Crippen LogP contribution in [0.1, 0.15) is 37.8 Å². The van der Waals surface area contributed by atoms with Crippen molar-refractivity contribution in [3.8, 4) is 0 Å². The monoisotopic (exact) mass is 957 g/mol. The number of benzene rings is 4. The van der Waals surface area contributed by atoms with Crippen LogP contribution in [0.4, 0.5) is 22.7 Å². The van der Waals surface area contributed by atoms with Gasteiger partial charge in [-0.1, -0.05) is 23.2 Å². The van der Waals surface area contributed by atoms with Crippen molar-refractivity contribution in [2.75, 3.05) is 92.1 Å². The van der Waals surface area contributed by atoms with Crippen molar-refractivity contribution < 1.29 is 26.4 Å². The van der Waals surface area contributed by atoms with Gasteiger partial charge in [0.15, 0.2) is 0 Å². The SMILES string of the molecule is CNS(=O)(=O)c1ccc(N2CCN(C(=O)[C@@H](C)N3CCCc4cc(Cl)ccc43)CC2)cc1.C[C@H](C(=O)N1CCN(c2ccc(S(=O)(=O)Cl)cc2)CC1)N1CCCc2cc(Cl)ccc21. The van der Waals surface area contributed by atoms with E-state index in [2.05, 4.69) is 24.3 Å². The third kappa shape index (κ3) is 10.8. The van der Waals surface area contributed by atoms with Crippen molar-refractivity contribution in [3.63, 3.8) is 0 Å². The van der Waals surface area contributed by atoms with Crippen LogP contribution in [-0.4, -0.2) is 123 Å². The summed E-state index contributed by atoms with van der Waals surface area (Å²) in [5.41, 5.74) is 6.50. The highest BCUT2D eigenvalue weighted by molar-refractivity contribution is 8.13. The summed E-state index contributed by atoms with van der Waals surface area (Å²) >= 11 is 12.3. The van der Waals surface area contributed by atoms with Crippen molar-refractivity contribution in [1.82, 2.24) is 14.5 Å². The second kappa shape index (κ2) is 19.9. The molecule has 338 valence electrons. The second-order valence-corrected chi connectivity index (χ2v) is 21.6. The van der Waals surface area contributed by atoms with Gasteiger partial charge in [-0.3, -0.25) is 9.59 Å². The van der Waals surface area contributed by atoms with Crippen LogP contribution >= 0.6 is 33.9 Å². The summed E-state index contributed by atoms with van der Waals surface area (Å²) in [5, 5.41) is 1.46. The molecular formula is C45H54Cl3N7O6S2. The number of halogens is 3. The lowest BCUT2D eigenvalue weighted by atomic mass is 10.00. The summed E-state index contributed by atoms with van der Waals surface area (Å²) in [4.78, 5) is 39.4. The van der Waals surface area contributed by atoms with Crippen molar-refractivity contribution in [1.29, 1.82) is 0 Å². The quantitative estimate of drug-likeness (QED) is 0.186. The molecule has 0 bridgehead atoms. The largest absolute Gasteiger partial charge is 0.368 e. The lowest BCUT2D eigenvalue weighted by Gasteiger charge is -2.41. The van der Waals surface area contributed by atoms with E-state index >= 15 is 0 Å². The van der Waals surface area contributed by atoms with Crippen molar-refractivity contribution in [3.05, 3.63) is 106 Å². The molecule has 2 saturated heterocycles. The predicted octanol–water partition coefficient (Wildman–Crippen LogP) is 6.50. The average molecular weight is 959 g/mol. The first kappa shape index (κ1) is 46.7. The second-order valence-electron chi connectivity index (χ2n) is 16.2. The zero-order chi connectivity index (χ0) is 45.1. The lowest BCUT2D eigenvalue weighted by Crippen LogP contribution is -2.55. The van der Waals surface area contributed by atoms with E-state index in [4.69, 9.17) is 33.9 Å². The number of anilines is 4. The summed E-state index contributed by atoms with van der Waals surface area (Å²) in [5.74, 6) is 0.272. The van der Waals surface area contributed by atoms with Crippen LogP contribution in [0.15, 0.2) is 94.7 Å². The first-order valence-corrected chi connectivity index (χ1v) is 25.8. The van der Waals surface area contributed by atoms with E-state index in [9.17, 15) is 26.4 Å². The first-order valence-electron chi connectivity index (χ1n) is 21.3. The fourth-order valence-corrected chi connectivity index (χ4v) is 10.8. The van der Waals surface area contributed by atoms with Crippen LogP contribution in [-0.2, 0) is 41.5 Å². The molecule has 0 unspecified atom stereocenters. The van der Waals surface area contributed by atoms with Gasteiger partial charge in [-0.05, 0) is 143 Å². The molecule has 4 aromatic carbocycles. The highest BCUT2D eigenvalue weighted by Gasteiger charge is 2.33. The lowest BCUT2D eigenvalue weighted by molar-refractivity contribution is -0.133. The Morgan fingerprint density at radius 2 is 0.937 bits per heavy atom. The Kier molecular flexibility index (Phi) is 14.7. The van der Waals surface area contributed by atoms with Gasteiger partial charge in [-0.25, -0.2) is 21.6 Å². The molecule has 2 atom stereocenters. The van der Waals surface area contributed by atoms with Gasteiger partial charge in [0.2, 0.25) is 21.8 Å². The summed E-state index contributed by atoms with van der Waals surface area (Å²) in [6, 6.07) is 24.8. The van der Waals surface area contributed by atoms with Crippen LogP contribution in [0.25, 0.3) is 0 Å². The molecule has 8 rings (SSSR count). The fourth-order valence-electron chi connectivity index (χ4n) is 8.93. The number of hydrogen-bond donors (Lipinski definition) is 1. The Hall–Kier alpha value is -4.25. The molecule has 0 radical (unpaired) electrons. The molecule has 1 N–H and O–H groups in total. The van der Waals surface area contributed by atoms with E-state index < -0.39 is 19.1 Å². The van der Waals surface area contributed by atoms with Crippen molar-refractivity contribution >= 4 is 87.5 Å². The van der Waals surface area contributed by atoms with Gasteiger partial charge in [-0.15, -0.1) is 0 Å². The highest BCUT2D eigenvalue weighted by atomic mass is 35.7. The summed E-state index contributed by atoms with van der Waals surface area (Å²) in [6.45, 7) is 11.0. The van der Waals surface area contributed by atoms with Gasteiger partial charge in [-0.2, -0.15) is 0 Å². The minimum absolute atomic E-state index is 0.0867. The van der Waals surface area contributed by atoms with Crippen LogP contribution < -0.4 is 24.3 Å². The van der Waals surface area contributed by atoms with Crippen LogP contribution in [0.3, 0.4) is 0 Å². The number of aryl methyl sites for hydroxylation is 2. The number of amides is 2. The van der Waals surface area contributed by atoms with Gasteiger partial charge < -0.3 is 29.4 Å². The smallest absolute Gasteiger partial charge is 0.261 e. The summed E-state index contributed by atoms with van der Waals surface area (Å²) < 4.78 is 49.0. The molecule has 13 nitrogen and oxygen atoms in total. The maximum atomic E-state index is 13.3. The topological polar surface area (TPSA) is 134 Å². The van der Waals surface area contributed by atoms with Gasteiger partial charge in [0.05, 0.1) is 9.79 Å². The average Bonchev–Trinajstić information content (AvgIpc) is 3.30. The Balaban J connectivity index is 0.000000189. The standard InChI is InChI=1S/C23H29ClN4O3S.C22H25Cl2N3O3S/c1-17(28-11-3-4-18-16-19(24)5-10-22(18)28)23(29)27-14-12-26(13-15-27)20-6-8-21(9-7-20)32(30,31)25-2;1-16(27-10-2-3-17-15-18(23)4-9-21(17)27)22(28)26-13-11-25(12-14-26)19-5-7-20(8-6-19)31(24,29)30/h5-10,16-17,25H,3-4,11-15H2,1-2H3;4-9,15-16H,2-3,10-14H2,1H3/t17-;16-/m11/s1. The van der Waals surface area contributed by atoms with Gasteiger partial charge in [0.25, 0.3) is 9.05 Å². The first-order chi connectivity index (χ1) is 30.0. The number of carbonyl (C=O) groups is 2. The summed E-state index contributed by atoms with van der Waals surface area (Å²) in [6.07, 6.45) is 3.99. The zero-order valence-electron chi connectivity index (χ0n) is 35.7. The summed E-state index contributed by atoms with van der Waals surface area (Å²) in [7, 11) is -0.380. The molecule has 0 spiro atoms. The molecule has 0 aliphatic carbocycles. The van der Waals surface area contributed by atoms with Gasteiger partial charge in [0.1, 0.15) is 12.1 Å². The molecule has 4 aliphatic rings. The fraction of sp³-hybridized carbons (Fsp3) is 0.422. The predicted molar refractivity (Wildman–Crippen MR) is 253 cm³/mol. The Bertz CT molecular complexity index is 2500. The number of fused-ring (bicyclic) bond motifs is 2. The number of nitrogens with one attached hydrogen (secondary N) is 1. The third-order valence-corrected chi connectivity index (χ3v) is 15.8. The Morgan fingerprint density at radius 1 is 0.556 bits per heavy atom. The van der Waals surface area contributed by atoms with E-state index in [1.54, 1.807) is 24.3 Å². The number of rotatable bonds is 9. The van der Waals surface area contributed by atoms with E-state index in [-0.39, 0.29) is 33.7 Å². The molecule has 63 heavy (non-hydrogen) atoms. The molecule has 4 heterocycles. The number of nitrogens with zero attached hydrogens (tertiary/aromatic N) is 6. The molecule has 4 aliphatic heterocycles. The molecule has 0 aromatic heterocycles. The van der Waals surface area contributed by atoms with Gasteiger partial charge >= 0.3 is 0 Å². The van der Waals surface area contributed by atoms with Crippen molar-refractivity contribution in [2.45, 2.75) is 61.4 Å². The molecule has 2 amide bonds. The van der Waals surface area contributed by atoms with E-state index in [0.29, 0.717) is 52.4 Å². The third-order valence-electron chi connectivity index (χ3n) is 12.5. The molecule has 18 heteroatoms. The van der Waals surface area contributed by atoms with Crippen molar-refractivity contribution in [2.24, 2.45) is 0 Å². The maximum absolute atomic E-state index is 13.3. The Morgan fingerprint density at radius 3 is 1.30 bits per heavy atom. The molecule has 2 fully saturated rings. The minimum Gasteiger partial charge on any atom is -0.368 e. The number of sulfonamides is 1. The molecular weight excluding hydrogens is 905 g/mol. The van der Waals surface area contributed by atoms with Gasteiger partial charge in [0, 0.05) is 109 Å². The normalized spacial score (nSPS) is 17.9. The maximum Gasteiger partial charge on any atom is 0.261 e. The minimum atomic E-state index is -3.73. The van der Waals surface area contributed by atoms with Crippen LogP contribution in [0.5, 0.6) is 0 Å². The molecule has 4 aromatic rings. The van der Waals surface area contributed by atoms with Crippen LogP contribution in [0.2, 0.25) is 10.0 Å². The van der Waals surface area contributed by atoms with E-state index in [0.717, 1.165) is 71.6 Å². The number of piperazine rings is 2. The number of carbonyl (C=O) groups excluding carboxylic acids is 2. The van der Waals surface area contributed by atoms with E-state index in [1.807, 2.05) is 72.2 Å². The Labute approximate surface area is 385 Å². The highest BCUT2D eigenvalue weighted by Crippen LogP contribution is 2.33. The molecule has 0 saturated carbocycles. The number of hydrogen-bond acceptors (Lipinski definition) is 10. The van der Waals surface area contributed by atoms with E-state index in [1.165, 1.54) is 30.3 Å². The zero-order valence-corrected chi connectivity index (χ0v) is 39.6.